The zero-order valence-electron chi connectivity index (χ0n) is 13.5. The highest BCUT2D eigenvalue weighted by atomic mass is 32.1. The first kappa shape index (κ1) is 17.4. The maximum absolute atomic E-state index is 11.8. The van der Waals surface area contributed by atoms with E-state index in [4.69, 9.17) is 9.15 Å². The van der Waals surface area contributed by atoms with E-state index < -0.39 is 4.92 Å². The molecule has 0 saturated carbocycles. The molecule has 1 amide bonds. The van der Waals surface area contributed by atoms with Gasteiger partial charge in [-0.2, -0.15) is 5.10 Å². The third-order valence-corrected chi connectivity index (χ3v) is 4.26. The lowest BCUT2D eigenvalue weighted by Gasteiger charge is -2.05. The second-order valence-electron chi connectivity index (χ2n) is 5.02. The van der Waals surface area contributed by atoms with E-state index in [2.05, 4.69) is 10.5 Å². The van der Waals surface area contributed by atoms with E-state index in [0.29, 0.717) is 27.7 Å². The Labute approximate surface area is 151 Å². The fourth-order valence-electron chi connectivity index (χ4n) is 2.19. The van der Waals surface area contributed by atoms with Crippen LogP contribution < -0.4 is 10.2 Å². The summed E-state index contributed by atoms with van der Waals surface area (Å²) in [6.45, 7) is 0. The maximum Gasteiger partial charge on any atom is 0.281 e. The van der Waals surface area contributed by atoms with Crippen molar-refractivity contribution in [3.8, 4) is 17.1 Å². The number of non-ortho nitro benzene ring substituents is 1. The Hall–Kier alpha value is -3.46. The zero-order chi connectivity index (χ0) is 18.5. The van der Waals surface area contributed by atoms with Gasteiger partial charge in [0.1, 0.15) is 17.3 Å². The van der Waals surface area contributed by atoms with E-state index in [1.54, 1.807) is 29.6 Å². The number of thiophene rings is 1. The number of nitrogens with zero attached hydrogens (tertiary/aromatic N) is 2. The van der Waals surface area contributed by atoms with E-state index in [9.17, 15) is 14.9 Å². The van der Waals surface area contributed by atoms with Crippen molar-refractivity contribution in [2.75, 3.05) is 7.11 Å². The molecule has 3 aromatic rings. The molecule has 8 nitrogen and oxygen atoms in total. The average Bonchev–Trinajstić information content (AvgIpc) is 3.33. The first-order chi connectivity index (χ1) is 12.6. The van der Waals surface area contributed by atoms with Crippen molar-refractivity contribution >= 4 is 29.1 Å². The molecule has 0 aliphatic rings. The predicted molar refractivity (Wildman–Crippen MR) is 96.7 cm³/mol. The number of rotatable bonds is 6. The molecule has 0 bridgehead atoms. The van der Waals surface area contributed by atoms with Gasteiger partial charge in [-0.05, 0) is 29.6 Å². The van der Waals surface area contributed by atoms with Crippen LogP contribution in [-0.2, 0) is 0 Å². The highest BCUT2D eigenvalue weighted by molar-refractivity contribution is 7.12. The monoisotopic (exact) mass is 371 g/mol. The molecule has 1 N–H and O–H groups in total. The number of furan rings is 1. The van der Waals surface area contributed by atoms with Gasteiger partial charge in [0.15, 0.2) is 0 Å². The van der Waals surface area contributed by atoms with Crippen LogP contribution in [-0.4, -0.2) is 24.2 Å². The summed E-state index contributed by atoms with van der Waals surface area (Å²) >= 11 is 1.31. The number of nitrogens with one attached hydrogen (secondary N) is 1. The number of amides is 1. The number of benzene rings is 1. The van der Waals surface area contributed by atoms with E-state index >= 15 is 0 Å². The number of methoxy groups -OCH3 is 1. The number of nitro groups is 1. The highest BCUT2D eigenvalue weighted by Gasteiger charge is 2.15. The standard InChI is InChI=1S/C17H13N3O5S/c1-24-14-6-4-11(20(22)23)9-13(14)15-7-5-12(25-15)10-18-19-17(21)16-3-2-8-26-16/h2-10H,1H3,(H,19,21)/b18-10+. The quantitative estimate of drug-likeness (QED) is 0.404. The SMILES string of the molecule is COc1ccc([N+](=O)[O-])cc1-c1ccc(/C=N/NC(=O)c2cccs2)o1. The van der Waals surface area contributed by atoms with Crippen LogP contribution in [0.5, 0.6) is 5.75 Å². The van der Waals surface area contributed by atoms with Crippen molar-refractivity contribution in [1.29, 1.82) is 0 Å². The van der Waals surface area contributed by atoms with Gasteiger partial charge in [-0.25, -0.2) is 5.43 Å². The van der Waals surface area contributed by atoms with E-state index in [1.807, 2.05) is 0 Å². The first-order valence-electron chi connectivity index (χ1n) is 7.38. The molecule has 0 fully saturated rings. The summed E-state index contributed by atoms with van der Waals surface area (Å²) in [5.41, 5.74) is 2.77. The molecule has 0 aliphatic carbocycles. The second kappa shape index (κ2) is 7.62. The number of ether oxygens (including phenoxy) is 1. The van der Waals surface area contributed by atoms with Crippen molar-refractivity contribution in [2.24, 2.45) is 5.10 Å². The Balaban J connectivity index is 1.77. The molecule has 0 unspecified atom stereocenters. The largest absolute Gasteiger partial charge is 0.496 e. The Morgan fingerprint density at radius 3 is 2.88 bits per heavy atom. The van der Waals surface area contributed by atoms with Gasteiger partial charge in [-0.1, -0.05) is 6.07 Å². The Kier molecular flexibility index (Phi) is 5.09. The predicted octanol–water partition coefficient (Wildman–Crippen LogP) is 3.69. The Morgan fingerprint density at radius 2 is 2.19 bits per heavy atom. The molecular formula is C17H13N3O5S. The molecule has 0 saturated heterocycles. The average molecular weight is 371 g/mol. The van der Waals surface area contributed by atoms with Crippen molar-refractivity contribution in [2.45, 2.75) is 0 Å². The van der Waals surface area contributed by atoms with Gasteiger partial charge in [-0.15, -0.1) is 11.3 Å². The number of nitro benzene ring substituents is 1. The molecule has 3 rings (SSSR count). The third-order valence-electron chi connectivity index (χ3n) is 3.39. The topological polar surface area (TPSA) is 107 Å². The summed E-state index contributed by atoms with van der Waals surface area (Å²) in [5, 5.41) is 16.6. The van der Waals surface area contributed by atoms with Crippen molar-refractivity contribution in [3.05, 3.63) is 68.6 Å². The molecule has 26 heavy (non-hydrogen) atoms. The maximum atomic E-state index is 11.8. The zero-order valence-corrected chi connectivity index (χ0v) is 14.4. The smallest absolute Gasteiger partial charge is 0.281 e. The molecule has 0 spiro atoms. The number of carbonyl (C=O) groups is 1. The number of hydrogen-bond donors (Lipinski definition) is 1. The van der Waals surface area contributed by atoms with Crippen LogP contribution in [0.4, 0.5) is 5.69 Å². The number of hydrazone groups is 1. The Morgan fingerprint density at radius 1 is 1.35 bits per heavy atom. The van der Waals surface area contributed by atoms with Gasteiger partial charge in [0, 0.05) is 12.1 Å². The molecule has 0 aliphatic heterocycles. The van der Waals surface area contributed by atoms with Crippen molar-refractivity contribution in [3.63, 3.8) is 0 Å². The lowest BCUT2D eigenvalue weighted by molar-refractivity contribution is -0.384. The normalized spacial score (nSPS) is 10.8. The minimum Gasteiger partial charge on any atom is -0.496 e. The molecular weight excluding hydrogens is 358 g/mol. The summed E-state index contributed by atoms with van der Waals surface area (Å²) in [4.78, 5) is 22.8. The molecule has 132 valence electrons. The summed E-state index contributed by atoms with van der Waals surface area (Å²) in [5.74, 6) is 0.888. The van der Waals surface area contributed by atoms with Crippen LogP contribution in [0.25, 0.3) is 11.3 Å². The van der Waals surface area contributed by atoms with E-state index in [1.165, 1.54) is 42.9 Å². The molecule has 0 atom stereocenters. The van der Waals surface area contributed by atoms with E-state index in [-0.39, 0.29) is 11.6 Å². The lowest BCUT2D eigenvalue weighted by atomic mass is 10.1. The third kappa shape index (κ3) is 3.78. The minimum absolute atomic E-state index is 0.0735. The first-order valence-corrected chi connectivity index (χ1v) is 8.26. The summed E-state index contributed by atoms with van der Waals surface area (Å²) in [6, 6.07) is 11.0. The second-order valence-corrected chi connectivity index (χ2v) is 5.97. The van der Waals surface area contributed by atoms with Crippen LogP contribution in [0.3, 0.4) is 0 Å². The summed E-state index contributed by atoms with van der Waals surface area (Å²) in [6.07, 6.45) is 1.35. The molecule has 2 aromatic heterocycles. The molecule has 9 heteroatoms. The Bertz CT molecular complexity index is 963. The van der Waals surface area contributed by atoms with E-state index in [0.717, 1.165) is 0 Å². The van der Waals surface area contributed by atoms with Crippen LogP contribution in [0.15, 0.2) is 57.4 Å². The van der Waals surface area contributed by atoms with Crippen LogP contribution >= 0.6 is 11.3 Å². The van der Waals surface area contributed by atoms with Gasteiger partial charge < -0.3 is 9.15 Å². The molecule has 1 aromatic carbocycles. The van der Waals surface area contributed by atoms with Crippen molar-refractivity contribution in [1.82, 2.24) is 5.43 Å². The fourth-order valence-corrected chi connectivity index (χ4v) is 2.80. The van der Waals surface area contributed by atoms with Crippen LogP contribution in [0.2, 0.25) is 0 Å². The van der Waals surface area contributed by atoms with Crippen molar-refractivity contribution < 1.29 is 18.9 Å². The van der Waals surface area contributed by atoms with Crippen LogP contribution in [0.1, 0.15) is 15.4 Å². The van der Waals surface area contributed by atoms with Crippen LogP contribution in [0, 0.1) is 10.1 Å². The number of hydrogen-bond acceptors (Lipinski definition) is 7. The summed E-state index contributed by atoms with van der Waals surface area (Å²) < 4.78 is 10.8. The van der Waals surface area contributed by atoms with Gasteiger partial charge in [0.25, 0.3) is 11.6 Å². The number of carbonyl (C=O) groups excluding carboxylic acids is 1. The van der Waals surface area contributed by atoms with Gasteiger partial charge in [-0.3, -0.25) is 14.9 Å². The molecule has 0 radical (unpaired) electrons. The van der Waals surface area contributed by atoms with Gasteiger partial charge >= 0.3 is 0 Å². The molecule has 2 heterocycles. The van der Waals surface area contributed by atoms with Gasteiger partial charge in [0.2, 0.25) is 0 Å². The lowest BCUT2D eigenvalue weighted by Crippen LogP contribution is -2.15. The fraction of sp³-hybridized carbons (Fsp3) is 0.0588. The highest BCUT2D eigenvalue weighted by Crippen LogP contribution is 2.34. The summed E-state index contributed by atoms with van der Waals surface area (Å²) in [7, 11) is 1.47. The van der Waals surface area contributed by atoms with Gasteiger partial charge in [0.05, 0.1) is 28.7 Å². The minimum atomic E-state index is -0.492.